The first-order chi connectivity index (χ1) is 8.47. The zero-order valence-electron chi connectivity index (χ0n) is 9.54. The molecule has 0 spiro atoms. The minimum absolute atomic E-state index is 0.251. The Bertz CT molecular complexity index is 424. The molecule has 2 rings (SSSR count). The maximum atomic E-state index is 12.1. The van der Waals surface area contributed by atoms with Gasteiger partial charge < -0.3 is 4.74 Å². The zero-order valence-corrected chi connectivity index (χ0v) is 9.54. The molecule has 0 aliphatic heterocycles. The summed E-state index contributed by atoms with van der Waals surface area (Å²) in [5.41, 5.74) is -0.474. The van der Waals surface area contributed by atoms with Crippen LogP contribution in [0.1, 0.15) is 29.6 Å². The Morgan fingerprint density at radius 3 is 2.56 bits per heavy atom. The highest BCUT2D eigenvalue weighted by Gasteiger charge is 2.39. The highest BCUT2D eigenvalue weighted by atomic mass is 19.4. The molecule has 0 N–H and O–H groups in total. The molecule has 18 heavy (non-hydrogen) atoms. The van der Waals surface area contributed by atoms with Crippen molar-refractivity contribution >= 4 is 5.78 Å². The van der Waals surface area contributed by atoms with Crippen LogP contribution in [0, 0.1) is 5.92 Å². The van der Waals surface area contributed by atoms with Crippen molar-refractivity contribution in [1.29, 1.82) is 0 Å². The van der Waals surface area contributed by atoms with E-state index >= 15 is 0 Å². The first-order valence-corrected chi connectivity index (χ1v) is 5.67. The van der Waals surface area contributed by atoms with E-state index in [1.807, 2.05) is 0 Å². The Hall–Kier alpha value is -1.59. The van der Waals surface area contributed by atoms with Crippen LogP contribution in [-0.4, -0.2) is 23.6 Å². The van der Waals surface area contributed by atoms with Crippen molar-refractivity contribution < 1.29 is 22.7 Å². The van der Waals surface area contributed by atoms with Crippen molar-refractivity contribution in [1.82, 2.24) is 4.98 Å². The lowest BCUT2D eigenvalue weighted by molar-refractivity contribution is -0.0885. The van der Waals surface area contributed by atoms with Gasteiger partial charge in [0.15, 0.2) is 0 Å². The average Bonchev–Trinajstić information content (AvgIpc) is 2.26. The molecule has 1 heterocycles. The molecule has 0 unspecified atom stereocenters. The van der Waals surface area contributed by atoms with Crippen molar-refractivity contribution in [2.75, 3.05) is 6.61 Å². The normalized spacial score (nSPS) is 16.2. The summed E-state index contributed by atoms with van der Waals surface area (Å²) in [6.07, 6.45) is -0.544. The molecule has 0 atom stereocenters. The van der Waals surface area contributed by atoms with Crippen LogP contribution in [0.25, 0.3) is 0 Å². The molecule has 1 aliphatic rings. The number of carbonyl (C=O) groups excluding carboxylic acids is 1. The molecule has 98 valence electrons. The molecule has 1 aromatic heterocycles. The maximum absolute atomic E-state index is 12.1. The number of alkyl halides is 3. The van der Waals surface area contributed by atoms with Crippen LogP contribution >= 0.6 is 0 Å². The quantitative estimate of drug-likeness (QED) is 0.780. The van der Waals surface area contributed by atoms with E-state index < -0.39 is 17.5 Å². The lowest BCUT2D eigenvalue weighted by Gasteiger charge is -2.24. The van der Waals surface area contributed by atoms with Gasteiger partial charge in [-0.25, -0.2) is 4.98 Å². The topological polar surface area (TPSA) is 39.2 Å². The summed E-state index contributed by atoms with van der Waals surface area (Å²) >= 11 is 0. The number of carbonyl (C=O) groups is 1. The number of nitrogens with zero attached hydrogens (tertiary/aromatic N) is 1. The molecule has 3 nitrogen and oxygen atoms in total. The SMILES string of the molecule is O=C(c1ccc(OCC2CCC2)nc1)C(F)(F)F. The summed E-state index contributed by atoms with van der Waals surface area (Å²) in [4.78, 5) is 14.6. The molecule has 0 amide bonds. The molecule has 1 aliphatic carbocycles. The molecule has 0 bridgehead atoms. The van der Waals surface area contributed by atoms with Gasteiger partial charge in [0.1, 0.15) is 0 Å². The molecule has 1 aromatic rings. The van der Waals surface area contributed by atoms with E-state index in [-0.39, 0.29) is 5.88 Å². The highest BCUT2D eigenvalue weighted by Crippen LogP contribution is 2.27. The lowest BCUT2D eigenvalue weighted by Crippen LogP contribution is -2.23. The summed E-state index contributed by atoms with van der Waals surface area (Å²) in [6, 6.07) is 2.37. The van der Waals surface area contributed by atoms with E-state index in [4.69, 9.17) is 4.74 Å². The molecule has 1 fully saturated rings. The van der Waals surface area contributed by atoms with Crippen molar-refractivity contribution in [3.8, 4) is 5.88 Å². The van der Waals surface area contributed by atoms with Gasteiger partial charge in [-0.15, -0.1) is 0 Å². The Morgan fingerprint density at radius 2 is 2.11 bits per heavy atom. The lowest BCUT2D eigenvalue weighted by atomic mass is 9.86. The van der Waals surface area contributed by atoms with E-state index in [2.05, 4.69) is 4.98 Å². The van der Waals surface area contributed by atoms with Gasteiger partial charge in [0.25, 0.3) is 5.78 Å². The summed E-state index contributed by atoms with van der Waals surface area (Å²) in [6.45, 7) is 0.527. The van der Waals surface area contributed by atoms with Crippen LogP contribution in [0.3, 0.4) is 0 Å². The van der Waals surface area contributed by atoms with Gasteiger partial charge in [-0.3, -0.25) is 4.79 Å². The summed E-state index contributed by atoms with van der Waals surface area (Å²) in [5, 5.41) is 0. The standard InChI is InChI=1S/C12H12F3NO2/c13-12(14,15)11(17)9-4-5-10(16-6-9)18-7-8-2-1-3-8/h4-6,8H,1-3,7H2. The van der Waals surface area contributed by atoms with Gasteiger partial charge in [0.2, 0.25) is 5.88 Å². The molecule has 0 radical (unpaired) electrons. The number of ketones is 1. The summed E-state index contributed by atoms with van der Waals surface area (Å²) in [5.74, 6) is -1.12. The van der Waals surface area contributed by atoms with Crippen LogP contribution in [0.5, 0.6) is 5.88 Å². The predicted octanol–water partition coefficient (Wildman–Crippen LogP) is 3.01. The Balaban J connectivity index is 1.94. The zero-order chi connectivity index (χ0) is 13.2. The average molecular weight is 259 g/mol. The summed E-state index contributed by atoms with van der Waals surface area (Å²) in [7, 11) is 0. The number of ether oxygens (including phenoxy) is 1. The van der Waals surface area contributed by atoms with Gasteiger partial charge in [-0.05, 0) is 24.8 Å². The maximum Gasteiger partial charge on any atom is 0.454 e. The van der Waals surface area contributed by atoms with Crippen molar-refractivity contribution in [2.45, 2.75) is 25.4 Å². The van der Waals surface area contributed by atoms with Crippen LogP contribution < -0.4 is 4.74 Å². The van der Waals surface area contributed by atoms with Crippen molar-refractivity contribution in [3.05, 3.63) is 23.9 Å². The first-order valence-electron chi connectivity index (χ1n) is 5.67. The van der Waals surface area contributed by atoms with Gasteiger partial charge in [0.05, 0.1) is 6.61 Å². The smallest absolute Gasteiger partial charge is 0.454 e. The molecule has 0 saturated heterocycles. The fourth-order valence-electron chi connectivity index (χ4n) is 1.63. The number of rotatable bonds is 4. The molecule has 6 heteroatoms. The summed E-state index contributed by atoms with van der Waals surface area (Å²) < 4.78 is 41.7. The number of hydrogen-bond acceptors (Lipinski definition) is 3. The molecular weight excluding hydrogens is 247 g/mol. The second-order valence-electron chi connectivity index (χ2n) is 4.32. The Labute approximate surface area is 102 Å². The minimum atomic E-state index is -4.87. The predicted molar refractivity (Wildman–Crippen MR) is 57.5 cm³/mol. The van der Waals surface area contributed by atoms with Crippen molar-refractivity contribution in [2.24, 2.45) is 5.92 Å². The van der Waals surface area contributed by atoms with E-state index in [1.54, 1.807) is 0 Å². The fraction of sp³-hybridized carbons (Fsp3) is 0.500. The number of halogens is 3. The van der Waals surface area contributed by atoms with E-state index in [1.165, 1.54) is 12.5 Å². The Kier molecular flexibility index (Phi) is 3.54. The molecule has 1 saturated carbocycles. The third-order valence-electron chi connectivity index (χ3n) is 2.95. The third kappa shape index (κ3) is 3.00. The van der Waals surface area contributed by atoms with Crippen LogP contribution in [-0.2, 0) is 0 Å². The molecule has 0 aromatic carbocycles. The number of hydrogen-bond donors (Lipinski definition) is 0. The number of aromatic nitrogens is 1. The van der Waals surface area contributed by atoms with Crippen LogP contribution in [0.2, 0.25) is 0 Å². The third-order valence-corrected chi connectivity index (χ3v) is 2.95. The van der Waals surface area contributed by atoms with E-state index in [9.17, 15) is 18.0 Å². The van der Waals surface area contributed by atoms with E-state index in [0.717, 1.165) is 25.1 Å². The van der Waals surface area contributed by atoms with Crippen LogP contribution in [0.15, 0.2) is 18.3 Å². The van der Waals surface area contributed by atoms with Gasteiger partial charge in [-0.2, -0.15) is 13.2 Å². The largest absolute Gasteiger partial charge is 0.477 e. The minimum Gasteiger partial charge on any atom is -0.477 e. The number of pyridine rings is 1. The van der Waals surface area contributed by atoms with Gasteiger partial charge in [0, 0.05) is 17.8 Å². The second-order valence-corrected chi connectivity index (χ2v) is 4.32. The van der Waals surface area contributed by atoms with Crippen LogP contribution in [0.4, 0.5) is 13.2 Å². The fourth-order valence-corrected chi connectivity index (χ4v) is 1.63. The van der Waals surface area contributed by atoms with Gasteiger partial charge in [-0.1, -0.05) is 6.42 Å². The second kappa shape index (κ2) is 4.96. The monoisotopic (exact) mass is 259 g/mol. The first kappa shape index (κ1) is 12.9. The number of Topliss-reactive ketones (excluding diaryl/α,β-unsaturated/α-hetero) is 1. The molecular formula is C12H12F3NO2. The van der Waals surface area contributed by atoms with E-state index in [0.29, 0.717) is 12.5 Å². The highest BCUT2D eigenvalue weighted by molar-refractivity contribution is 5.99. The Morgan fingerprint density at radius 1 is 1.39 bits per heavy atom. The van der Waals surface area contributed by atoms with Crippen molar-refractivity contribution in [3.63, 3.8) is 0 Å². The van der Waals surface area contributed by atoms with Gasteiger partial charge >= 0.3 is 6.18 Å².